The van der Waals surface area contributed by atoms with E-state index in [1.54, 1.807) is 28.4 Å². The zero-order valence-corrected chi connectivity index (χ0v) is 14.1. The van der Waals surface area contributed by atoms with E-state index in [1.165, 1.54) is 6.33 Å². The summed E-state index contributed by atoms with van der Waals surface area (Å²) in [7, 11) is 0. The number of aromatic nitrogens is 2. The maximum absolute atomic E-state index is 14.1. The van der Waals surface area contributed by atoms with Crippen LogP contribution in [0.5, 0.6) is 5.88 Å². The molecule has 1 amide bonds. The molecular weight excluding hydrogens is 329 g/mol. The van der Waals surface area contributed by atoms with Gasteiger partial charge in [0.05, 0.1) is 12.2 Å². The summed E-state index contributed by atoms with van der Waals surface area (Å²) in [6, 6.07) is 3.89. The number of nitrogens with zero attached hydrogens (tertiary/aromatic N) is 3. The van der Waals surface area contributed by atoms with Gasteiger partial charge < -0.3 is 9.64 Å². The topological polar surface area (TPSA) is 55.3 Å². The summed E-state index contributed by atoms with van der Waals surface area (Å²) in [5.74, 6) is -0.607. The molecule has 1 aliphatic heterocycles. The molecule has 2 aromatic heterocycles. The number of likely N-dealkylation sites (tertiary alicyclic amines) is 1. The smallest absolute Gasteiger partial charge is 0.254 e. The van der Waals surface area contributed by atoms with Crippen molar-refractivity contribution in [3.05, 3.63) is 46.3 Å². The molecular formula is C17H18FN3O2S. The van der Waals surface area contributed by atoms with Gasteiger partial charge in [0.15, 0.2) is 0 Å². The molecule has 1 atom stereocenters. The van der Waals surface area contributed by atoms with E-state index < -0.39 is 5.82 Å². The van der Waals surface area contributed by atoms with Crippen LogP contribution in [0.15, 0.2) is 29.9 Å². The van der Waals surface area contributed by atoms with Gasteiger partial charge in [0.1, 0.15) is 12.4 Å². The van der Waals surface area contributed by atoms with Crippen molar-refractivity contribution in [3.63, 3.8) is 0 Å². The highest BCUT2D eigenvalue weighted by Gasteiger charge is 2.28. The first kappa shape index (κ1) is 16.6. The average molecular weight is 347 g/mol. The van der Waals surface area contributed by atoms with E-state index in [0.29, 0.717) is 31.6 Å². The zero-order chi connectivity index (χ0) is 16.9. The Morgan fingerprint density at radius 1 is 1.54 bits per heavy atom. The summed E-state index contributed by atoms with van der Waals surface area (Å²) in [6.45, 7) is 2.84. The Morgan fingerprint density at radius 3 is 3.17 bits per heavy atom. The van der Waals surface area contributed by atoms with Crippen molar-refractivity contribution in [1.29, 1.82) is 0 Å². The van der Waals surface area contributed by atoms with Crippen LogP contribution >= 0.6 is 11.3 Å². The standard InChI is InChI=1S/C17H18FN3O2S/c1-2-14-16(18)17(20-11-19-14)23-12-7-8-21(10-12)15(22)6-5-13-4-3-9-24-13/h3-6,9,11-12H,2,7-8,10H2,1H3. The molecule has 7 heteroatoms. The van der Waals surface area contributed by atoms with E-state index in [0.717, 1.165) is 4.88 Å². The fraction of sp³-hybridized carbons (Fsp3) is 0.353. The normalized spacial score (nSPS) is 17.6. The van der Waals surface area contributed by atoms with Crippen molar-refractivity contribution in [2.45, 2.75) is 25.9 Å². The molecule has 3 rings (SSSR count). The van der Waals surface area contributed by atoms with Gasteiger partial charge in [0, 0.05) is 23.9 Å². The number of carbonyl (C=O) groups excluding carboxylic acids is 1. The number of rotatable bonds is 5. The number of thiophene rings is 1. The minimum atomic E-state index is -0.512. The molecule has 0 aromatic carbocycles. The van der Waals surface area contributed by atoms with Crippen molar-refractivity contribution < 1.29 is 13.9 Å². The molecule has 0 radical (unpaired) electrons. The van der Waals surface area contributed by atoms with Crippen LogP contribution in [0.1, 0.15) is 23.9 Å². The van der Waals surface area contributed by atoms with E-state index in [9.17, 15) is 9.18 Å². The van der Waals surface area contributed by atoms with Crippen LogP contribution in [-0.2, 0) is 11.2 Å². The van der Waals surface area contributed by atoms with E-state index in [1.807, 2.05) is 24.4 Å². The molecule has 0 aliphatic carbocycles. The van der Waals surface area contributed by atoms with Crippen molar-refractivity contribution in [2.24, 2.45) is 0 Å². The third-order valence-corrected chi connectivity index (χ3v) is 4.67. The number of hydrogen-bond acceptors (Lipinski definition) is 5. The van der Waals surface area contributed by atoms with Gasteiger partial charge in [-0.15, -0.1) is 11.3 Å². The van der Waals surface area contributed by atoms with Crippen LogP contribution in [0.4, 0.5) is 4.39 Å². The number of ether oxygens (including phenoxy) is 1. The Kier molecular flexibility index (Phi) is 5.20. The maximum Gasteiger partial charge on any atom is 0.254 e. The summed E-state index contributed by atoms with van der Waals surface area (Å²) in [5.41, 5.74) is 0.338. The molecule has 5 nitrogen and oxygen atoms in total. The van der Waals surface area contributed by atoms with E-state index in [-0.39, 0.29) is 17.9 Å². The molecule has 126 valence electrons. The summed E-state index contributed by atoms with van der Waals surface area (Å²) in [6.07, 6.45) is 5.56. The second-order valence-electron chi connectivity index (χ2n) is 5.45. The Balaban J connectivity index is 1.58. The Hall–Kier alpha value is -2.28. The molecule has 24 heavy (non-hydrogen) atoms. The lowest BCUT2D eigenvalue weighted by atomic mass is 10.3. The van der Waals surface area contributed by atoms with Gasteiger partial charge in [-0.25, -0.2) is 4.98 Å². The molecule has 1 fully saturated rings. The fourth-order valence-electron chi connectivity index (χ4n) is 2.54. The second-order valence-corrected chi connectivity index (χ2v) is 6.43. The lowest BCUT2D eigenvalue weighted by Gasteiger charge is -2.15. The lowest BCUT2D eigenvalue weighted by Crippen LogP contribution is -2.29. The van der Waals surface area contributed by atoms with Gasteiger partial charge in [-0.3, -0.25) is 4.79 Å². The predicted molar refractivity (Wildman–Crippen MR) is 90.3 cm³/mol. The number of hydrogen-bond donors (Lipinski definition) is 0. The van der Waals surface area contributed by atoms with Gasteiger partial charge in [-0.2, -0.15) is 9.37 Å². The third-order valence-electron chi connectivity index (χ3n) is 3.83. The summed E-state index contributed by atoms with van der Waals surface area (Å²) in [4.78, 5) is 22.7. The maximum atomic E-state index is 14.1. The molecule has 0 N–H and O–H groups in total. The van der Waals surface area contributed by atoms with E-state index in [4.69, 9.17) is 4.74 Å². The minimum absolute atomic E-state index is 0.0322. The fourth-order valence-corrected chi connectivity index (χ4v) is 3.16. The van der Waals surface area contributed by atoms with Crippen molar-refractivity contribution in [1.82, 2.24) is 14.9 Å². The Morgan fingerprint density at radius 2 is 2.42 bits per heavy atom. The van der Waals surface area contributed by atoms with Gasteiger partial charge in [-0.05, 0) is 23.9 Å². The van der Waals surface area contributed by atoms with E-state index >= 15 is 0 Å². The predicted octanol–water partition coefficient (Wildman–Crippen LogP) is 2.93. The molecule has 1 aliphatic rings. The van der Waals surface area contributed by atoms with Gasteiger partial charge in [0.25, 0.3) is 5.88 Å². The molecule has 1 saturated heterocycles. The van der Waals surface area contributed by atoms with Gasteiger partial charge >= 0.3 is 0 Å². The van der Waals surface area contributed by atoms with Gasteiger partial charge in [0.2, 0.25) is 11.7 Å². The lowest BCUT2D eigenvalue weighted by molar-refractivity contribution is -0.125. The van der Waals surface area contributed by atoms with Crippen LogP contribution in [0, 0.1) is 5.82 Å². The molecule has 1 unspecified atom stereocenters. The monoisotopic (exact) mass is 347 g/mol. The van der Waals surface area contributed by atoms with Crippen molar-refractivity contribution in [2.75, 3.05) is 13.1 Å². The SMILES string of the molecule is CCc1ncnc(OC2CCN(C(=O)C=Cc3cccs3)C2)c1F. The molecule has 0 saturated carbocycles. The van der Waals surface area contributed by atoms with Crippen LogP contribution in [0.25, 0.3) is 6.08 Å². The molecule has 3 heterocycles. The van der Waals surface area contributed by atoms with Gasteiger partial charge in [-0.1, -0.05) is 13.0 Å². The summed E-state index contributed by atoms with van der Waals surface area (Å²) in [5, 5.41) is 1.96. The van der Waals surface area contributed by atoms with Crippen molar-refractivity contribution in [3.8, 4) is 5.88 Å². The quantitative estimate of drug-likeness (QED) is 0.781. The third kappa shape index (κ3) is 3.79. The zero-order valence-electron chi connectivity index (χ0n) is 13.3. The first-order valence-corrected chi connectivity index (χ1v) is 8.72. The second kappa shape index (κ2) is 7.53. The molecule has 0 spiro atoms. The number of amides is 1. The van der Waals surface area contributed by atoms with Crippen LogP contribution < -0.4 is 4.74 Å². The highest BCUT2D eigenvalue weighted by atomic mass is 32.1. The molecule has 2 aromatic rings. The van der Waals surface area contributed by atoms with Crippen LogP contribution in [0.2, 0.25) is 0 Å². The number of aryl methyl sites for hydroxylation is 1. The largest absolute Gasteiger partial charge is 0.470 e. The number of carbonyl (C=O) groups is 1. The van der Waals surface area contributed by atoms with Crippen LogP contribution in [-0.4, -0.2) is 40.0 Å². The average Bonchev–Trinajstić information content (AvgIpc) is 3.26. The Bertz CT molecular complexity index is 733. The minimum Gasteiger partial charge on any atom is -0.470 e. The molecule has 0 bridgehead atoms. The highest BCUT2D eigenvalue weighted by Crippen LogP contribution is 2.21. The highest BCUT2D eigenvalue weighted by molar-refractivity contribution is 7.10. The summed E-state index contributed by atoms with van der Waals surface area (Å²) >= 11 is 1.58. The summed E-state index contributed by atoms with van der Waals surface area (Å²) < 4.78 is 19.8. The van der Waals surface area contributed by atoms with E-state index in [2.05, 4.69) is 9.97 Å². The van der Waals surface area contributed by atoms with Crippen molar-refractivity contribution >= 4 is 23.3 Å². The van der Waals surface area contributed by atoms with Crippen LogP contribution in [0.3, 0.4) is 0 Å². The number of halogens is 1. The Labute approximate surface area is 143 Å². The first-order chi connectivity index (χ1) is 11.7. The first-order valence-electron chi connectivity index (χ1n) is 7.84.